The molecule has 1 aromatic rings. The van der Waals surface area contributed by atoms with E-state index in [2.05, 4.69) is 0 Å². The Morgan fingerprint density at radius 1 is 1.16 bits per heavy atom. The van der Waals surface area contributed by atoms with Crippen LogP contribution >= 0.6 is 11.6 Å². The summed E-state index contributed by atoms with van der Waals surface area (Å²) in [4.78, 5) is 26.8. The number of rotatable bonds is 4. The van der Waals surface area contributed by atoms with Gasteiger partial charge in [0.05, 0.1) is 12.1 Å². The quantitative estimate of drug-likeness (QED) is 0.811. The molecule has 25 heavy (non-hydrogen) atoms. The maximum atomic E-state index is 13.7. The summed E-state index contributed by atoms with van der Waals surface area (Å²) in [6, 6.07) is 3.69. The molecule has 10 heteroatoms. The molecule has 1 aliphatic heterocycles. The van der Waals surface area contributed by atoms with E-state index in [4.69, 9.17) is 11.6 Å². The first-order valence-electron chi connectivity index (χ1n) is 7.46. The van der Waals surface area contributed by atoms with Crippen LogP contribution in [0.1, 0.15) is 10.4 Å². The molecule has 2 rings (SSSR count). The fourth-order valence-electron chi connectivity index (χ4n) is 2.40. The SMILES string of the molecule is O=C(CN1CCN(C(=O)c2cc(Cl)ccc2F)CC1)NCC(F)(F)F. The zero-order valence-electron chi connectivity index (χ0n) is 13.1. The molecule has 0 saturated carbocycles. The second-order valence-corrected chi connectivity index (χ2v) is 6.02. The van der Waals surface area contributed by atoms with Gasteiger partial charge < -0.3 is 10.2 Å². The molecule has 1 aromatic carbocycles. The summed E-state index contributed by atoms with van der Waals surface area (Å²) in [6.45, 7) is -0.503. The highest BCUT2D eigenvalue weighted by Gasteiger charge is 2.29. The summed E-state index contributed by atoms with van der Waals surface area (Å²) >= 11 is 5.77. The highest BCUT2D eigenvalue weighted by Crippen LogP contribution is 2.18. The molecule has 2 amide bonds. The van der Waals surface area contributed by atoms with Crippen molar-refractivity contribution in [2.75, 3.05) is 39.3 Å². The summed E-state index contributed by atoms with van der Waals surface area (Å²) < 4.78 is 49.9. The number of hydrogen-bond donors (Lipinski definition) is 1. The van der Waals surface area contributed by atoms with E-state index >= 15 is 0 Å². The fourth-order valence-corrected chi connectivity index (χ4v) is 2.57. The molecule has 1 saturated heterocycles. The Bertz CT molecular complexity index is 646. The molecule has 0 atom stereocenters. The van der Waals surface area contributed by atoms with Gasteiger partial charge in [0.25, 0.3) is 5.91 Å². The van der Waals surface area contributed by atoms with Gasteiger partial charge in [0, 0.05) is 31.2 Å². The van der Waals surface area contributed by atoms with Crippen molar-refractivity contribution in [1.29, 1.82) is 0 Å². The molecule has 138 valence electrons. The second-order valence-electron chi connectivity index (χ2n) is 5.58. The third-order valence-corrected chi connectivity index (χ3v) is 3.91. The van der Waals surface area contributed by atoms with Crippen molar-refractivity contribution in [3.63, 3.8) is 0 Å². The number of alkyl halides is 3. The van der Waals surface area contributed by atoms with E-state index in [1.807, 2.05) is 0 Å². The second kappa shape index (κ2) is 8.01. The summed E-state index contributed by atoms with van der Waals surface area (Å²) in [5.41, 5.74) is -0.135. The molecule has 1 heterocycles. The molecule has 1 aliphatic rings. The van der Waals surface area contributed by atoms with Gasteiger partial charge in [-0.25, -0.2) is 4.39 Å². The smallest absolute Gasteiger partial charge is 0.346 e. The molecular weight excluding hydrogens is 366 g/mol. The lowest BCUT2D eigenvalue weighted by Crippen LogP contribution is -2.51. The Labute approximate surface area is 146 Å². The molecule has 1 fully saturated rings. The van der Waals surface area contributed by atoms with Gasteiger partial charge in [-0.2, -0.15) is 13.2 Å². The number of nitrogens with one attached hydrogen (secondary N) is 1. The monoisotopic (exact) mass is 381 g/mol. The number of benzene rings is 1. The van der Waals surface area contributed by atoms with Crippen molar-refractivity contribution in [1.82, 2.24) is 15.1 Å². The third kappa shape index (κ3) is 5.86. The van der Waals surface area contributed by atoms with Gasteiger partial charge in [0.15, 0.2) is 0 Å². The van der Waals surface area contributed by atoms with Gasteiger partial charge in [-0.1, -0.05) is 11.6 Å². The van der Waals surface area contributed by atoms with Gasteiger partial charge in [-0.15, -0.1) is 0 Å². The number of carbonyl (C=O) groups is 2. The van der Waals surface area contributed by atoms with Crippen LogP contribution in [0, 0.1) is 5.82 Å². The molecule has 5 nitrogen and oxygen atoms in total. The third-order valence-electron chi connectivity index (χ3n) is 3.67. The van der Waals surface area contributed by atoms with E-state index in [0.29, 0.717) is 13.1 Å². The lowest BCUT2D eigenvalue weighted by atomic mass is 10.1. The summed E-state index contributed by atoms with van der Waals surface area (Å²) in [7, 11) is 0. The standard InChI is InChI=1S/C15H16ClF4N3O2/c16-10-1-2-12(17)11(7-10)14(25)23-5-3-22(4-6-23)8-13(24)21-9-15(18,19)20/h1-2,7H,3-6,8-9H2,(H,21,24). The van der Waals surface area contributed by atoms with Gasteiger partial charge in [0.1, 0.15) is 12.4 Å². The zero-order valence-corrected chi connectivity index (χ0v) is 13.8. The van der Waals surface area contributed by atoms with Gasteiger partial charge in [-0.3, -0.25) is 14.5 Å². The van der Waals surface area contributed by atoms with Crippen molar-refractivity contribution < 1.29 is 27.2 Å². The number of nitrogens with zero attached hydrogens (tertiary/aromatic N) is 2. The van der Waals surface area contributed by atoms with Crippen molar-refractivity contribution in [2.45, 2.75) is 6.18 Å². The van der Waals surface area contributed by atoms with Crippen LogP contribution in [0.2, 0.25) is 5.02 Å². The molecule has 0 aliphatic carbocycles. The summed E-state index contributed by atoms with van der Waals surface area (Å²) in [5.74, 6) is -1.93. The van der Waals surface area contributed by atoms with Crippen LogP contribution in [0.25, 0.3) is 0 Å². The lowest BCUT2D eigenvalue weighted by Gasteiger charge is -2.34. The molecule has 0 bridgehead atoms. The Hall–Kier alpha value is -1.87. The van der Waals surface area contributed by atoms with Crippen LogP contribution in [-0.2, 0) is 4.79 Å². The number of carbonyl (C=O) groups excluding carboxylic acids is 2. The Kier molecular flexibility index (Phi) is 6.23. The Morgan fingerprint density at radius 3 is 2.40 bits per heavy atom. The zero-order chi connectivity index (χ0) is 18.6. The van der Waals surface area contributed by atoms with Crippen molar-refractivity contribution in [2.24, 2.45) is 0 Å². The van der Waals surface area contributed by atoms with E-state index in [9.17, 15) is 27.2 Å². The fraction of sp³-hybridized carbons (Fsp3) is 0.467. The van der Waals surface area contributed by atoms with Crippen LogP contribution < -0.4 is 5.32 Å². The number of hydrogen-bond acceptors (Lipinski definition) is 3. The van der Waals surface area contributed by atoms with E-state index < -0.39 is 30.4 Å². The molecule has 1 N–H and O–H groups in total. The largest absolute Gasteiger partial charge is 0.405 e. The highest BCUT2D eigenvalue weighted by molar-refractivity contribution is 6.31. The maximum absolute atomic E-state index is 13.7. The van der Waals surface area contributed by atoms with Gasteiger partial charge in [0.2, 0.25) is 5.91 Å². The topological polar surface area (TPSA) is 52.7 Å². The van der Waals surface area contributed by atoms with E-state index in [0.717, 1.165) is 6.07 Å². The average molecular weight is 382 g/mol. The minimum absolute atomic E-state index is 0.135. The van der Waals surface area contributed by atoms with Gasteiger partial charge >= 0.3 is 6.18 Å². The van der Waals surface area contributed by atoms with Crippen LogP contribution in [0.4, 0.5) is 17.6 Å². The van der Waals surface area contributed by atoms with Crippen molar-refractivity contribution in [3.05, 3.63) is 34.6 Å². The molecule has 0 spiro atoms. The first-order chi connectivity index (χ1) is 11.7. The number of piperazine rings is 1. The number of amides is 2. The first-order valence-corrected chi connectivity index (χ1v) is 7.83. The van der Waals surface area contributed by atoms with E-state index in [-0.39, 0.29) is 30.2 Å². The van der Waals surface area contributed by atoms with E-state index in [1.165, 1.54) is 17.0 Å². The molecular formula is C15H16ClF4N3O2. The van der Waals surface area contributed by atoms with Crippen LogP contribution in [0.3, 0.4) is 0 Å². The Morgan fingerprint density at radius 2 is 1.80 bits per heavy atom. The van der Waals surface area contributed by atoms with Crippen LogP contribution in [0.15, 0.2) is 18.2 Å². The maximum Gasteiger partial charge on any atom is 0.405 e. The predicted octanol–water partition coefficient (Wildman–Crippen LogP) is 1.92. The molecule has 0 radical (unpaired) electrons. The highest BCUT2D eigenvalue weighted by atomic mass is 35.5. The van der Waals surface area contributed by atoms with E-state index in [1.54, 1.807) is 10.2 Å². The lowest BCUT2D eigenvalue weighted by molar-refractivity contribution is -0.139. The first kappa shape index (κ1) is 19.5. The summed E-state index contributed by atoms with van der Waals surface area (Å²) in [6.07, 6.45) is -4.46. The average Bonchev–Trinajstić information content (AvgIpc) is 2.55. The van der Waals surface area contributed by atoms with Crippen LogP contribution in [0.5, 0.6) is 0 Å². The van der Waals surface area contributed by atoms with Gasteiger partial charge in [-0.05, 0) is 18.2 Å². The molecule has 0 unspecified atom stereocenters. The predicted molar refractivity (Wildman–Crippen MR) is 82.8 cm³/mol. The number of halogens is 5. The van der Waals surface area contributed by atoms with Crippen LogP contribution in [-0.4, -0.2) is 67.1 Å². The van der Waals surface area contributed by atoms with Crippen molar-refractivity contribution >= 4 is 23.4 Å². The minimum atomic E-state index is -4.46. The minimum Gasteiger partial charge on any atom is -0.346 e. The summed E-state index contributed by atoms with van der Waals surface area (Å²) in [5, 5.41) is 2.03. The Balaban J connectivity index is 1.84. The molecule has 0 aromatic heterocycles. The van der Waals surface area contributed by atoms with Crippen molar-refractivity contribution in [3.8, 4) is 0 Å². The normalized spacial score (nSPS) is 16.0.